The predicted octanol–water partition coefficient (Wildman–Crippen LogP) is 3.23. The Labute approximate surface area is 116 Å². The minimum atomic E-state index is -0.0971. The Morgan fingerprint density at radius 3 is 2.61 bits per heavy atom. The Morgan fingerprint density at radius 2 is 1.94 bits per heavy atom. The maximum Gasteiger partial charge on any atom is 0.230 e. The number of ether oxygens (including phenoxy) is 1. The summed E-state index contributed by atoms with van der Waals surface area (Å²) in [5.41, 5.74) is 5.87. The van der Waals surface area contributed by atoms with Crippen molar-refractivity contribution in [3.63, 3.8) is 0 Å². The number of halogens is 2. The maximum atomic E-state index is 7.42. The summed E-state index contributed by atoms with van der Waals surface area (Å²) in [6.07, 6.45) is 1.57. The average Bonchev–Trinajstić information content (AvgIpc) is 2.32. The van der Waals surface area contributed by atoms with Gasteiger partial charge in [-0.2, -0.15) is 0 Å². The zero-order valence-electron chi connectivity index (χ0n) is 9.26. The fourth-order valence-electron chi connectivity index (χ4n) is 1.31. The minimum Gasteiger partial charge on any atom is -0.437 e. The van der Waals surface area contributed by atoms with Crippen molar-refractivity contribution in [2.24, 2.45) is 5.73 Å². The Morgan fingerprint density at radius 1 is 1.22 bits per heavy atom. The van der Waals surface area contributed by atoms with E-state index in [1.807, 2.05) is 0 Å². The van der Waals surface area contributed by atoms with Gasteiger partial charge >= 0.3 is 0 Å². The third kappa shape index (κ3) is 3.12. The van der Waals surface area contributed by atoms with E-state index in [4.69, 9.17) is 27.5 Å². The molecule has 0 saturated heterocycles. The lowest BCUT2D eigenvalue weighted by atomic mass is 10.2. The monoisotopic (exact) mass is 283 g/mol. The zero-order chi connectivity index (χ0) is 12.3. The molecule has 1 heterocycles. The Kier molecular flexibility index (Phi) is 4.95. The SMILES string of the molecule is Cl.N=C(N)c1cccnc1Oc1ccccc1Cl. The predicted molar refractivity (Wildman–Crippen MR) is 74.0 cm³/mol. The van der Waals surface area contributed by atoms with E-state index in [1.54, 1.807) is 42.6 Å². The molecule has 0 aliphatic rings. The van der Waals surface area contributed by atoms with Gasteiger partial charge < -0.3 is 10.5 Å². The van der Waals surface area contributed by atoms with Crippen LogP contribution < -0.4 is 10.5 Å². The zero-order valence-corrected chi connectivity index (χ0v) is 10.8. The Hall–Kier alpha value is -1.78. The molecule has 0 aliphatic carbocycles. The normalized spacial score (nSPS) is 9.39. The molecular weight excluding hydrogens is 273 g/mol. The van der Waals surface area contributed by atoms with Crippen LogP contribution in [-0.2, 0) is 0 Å². The average molecular weight is 284 g/mol. The molecule has 4 nitrogen and oxygen atoms in total. The van der Waals surface area contributed by atoms with E-state index in [0.29, 0.717) is 16.3 Å². The van der Waals surface area contributed by atoms with Crippen LogP contribution in [0, 0.1) is 5.41 Å². The topological polar surface area (TPSA) is 72.0 Å². The molecule has 0 unspecified atom stereocenters. The molecule has 0 saturated carbocycles. The van der Waals surface area contributed by atoms with Gasteiger partial charge in [0.25, 0.3) is 0 Å². The number of nitrogens with zero attached hydrogens (tertiary/aromatic N) is 1. The standard InChI is InChI=1S/C12H10ClN3O.ClH/c13-9-5-1-2-6-10(9)17-12-8(11(14)15)4-3-7-16-12;/h1-7H,(H3,14,15);1H. The Bertz CT molecular complexity index is 561. The van der Waals surface area contributed by atoms with Gasteiger partial charge in [0.2, 0.25) is 5.88 Å². The second-order valence-electron chi connectivity index (χ2n) is 3.30. The van der Waals surface area contributed by atoms with Crippen LogP contribution in [0.1, 0.15) is 5.56 Å². The number of hydrogen-bond donors (Lipinski definition) is 2. The van der Waals surface area contributed by atoms with Gasteiger partial charge in [-0.1, -0.05) is 23.7 Å². The van der Waals surface area contributed by atoms with Gasteiger partial charge in [-0.05, 0) is 24.3 Å². The highest BCUT2D eigenvalue weighted by molar-refractivity contribution is 6.32. The summed E-state index contributed by atoms with van der Waals surface area (Å²) >= 11 is 5.97. The lowest BCUT2D eigenvalue weighted by Gasteiger charge is -2.09. The molecule has 1 aromatic heterocycles. The van der Waals surface area contributed by atoms with Gasteiger partial charge in [-0.3, -0.25) is 5.41 Å². The van der Waals surface area contributed by atoms with E-state index in [1.165, 1.54) is 0 Å². The molecule has 0 fully saturated rings. The summed E-state index contributed by atoms with van der Waals surface area (Å²) in [6, 6.07) is 10.4. The van der Waals surface area contributed by atoms with Crippen LogP contribution in [0.25, 0.3) is 0 Å². The third-order valence-corrected chi connectivity index (χ3v) is 2.42. The molecule has 0 radical (unpaired) electrons. The summed E-state index contributed by atoms with van der Waals surface area (Å²) in [6.45, 7) is 0. The number of nitrogens with two attached hydrogens (primary N) is 1. The van der Waals surface area contributed by atoms with Gasteiger partial charge in [-0.15, -0.1) is 12.4 Å². The first-order valence-corrected chi connectivity index (χ1v) is 5.28. The van der Waals surface area contributed by atoms with E-state index in [2.05, 4.69) is 4.98 Å². The third-order valence-electron chi connectivity index (χ3n) is 2.10. The molecule has 3 N–H and O–H groups in total. The van der Waals surface area contributed by atoms with Crippen molar-refractivity contribution in [3.8, 4) is 11.6 Å². The van der Waals surface area contributed by atoms with E-state index >= 15 is 0 Å². The molecule has 2 rings (SSSR count). The minimum absolute atomic E-state index is 0. The Balaban J connectivity index is 0.00000162. The summed E-state index contributed by atoms with van der Waals surface area (Å²) in [7, 11) is 0. The fourth-order valence-corrected chi connectivity index (χ4v) is 1.48. The van der Waals surface area contributed by atoms with Gasteiger partial charge in [0.1, 0.15) is 11.6 Å². The molecule has 0 atom stereocenters. The number of amidine groups is 1. The van der Waals surface area contributed by atoms with Crippen LogP contribution >= 0.6 is 24.0 Å². The summed E-state index contributed by atoms with van der Waals surface area (Å²) < 4.78 is 5.54. The fraction of sp³-hybridized carbons (Fsp3) is 0. The number of rotatable bonds is 3. The van der Waals surface area contributed by atoms with Crippen molar-refractivity contribution in [3.05, 3.63) is 53.2 Å². The van der Waals surface area contributed by atoms with Crippen molar-refractivity contribution in [2.45, 2.75) is 0 Å². The summed E-state index contributed by atoms with van der Waals surface area (Å²) in [5, 5.41) is 7.90. The van der Waals surface area contributed by atoms with Crippen LogP contribution in [0.5, 0.6) is 11.6 Å². The molecular formula is C12H11Cl2N3O. The number of pyridine rings is 1. The smallest absolute Gasteiger partial charge is 0.230 e. The van der Waals surface area contributed by atoms with Gasteiger partial charge in [0.15, 0.2) is 0 Å². The van der Waals surface area contributed by atoms with Crippen LogP contribution in [0.2, 0.25) is 5.02 Å². The van der Waals surface area contributed by atoms with E-state index < -0.39 is 0 Å². The van der Waals surface area contributed by atoms with E-state index in [9.17, 15) is 0 Å². The lowest BCUT2D eigenvalue weighted by Crippen LogP contribution is -2.12. The van der Waals surface area contributed by atoms with Crippen molar-refractivity contribution >= 4 is 29.8 Å². The highest BCUT2D eigenvalue weighted by Crippen LogP contribution is 2.29. The molecule has 0 spiro atoms. The summed E-state index contributed by atoms with van der Waals surface area (Å²) in [5.74, 6) is 0.656. The first kappa shape index (κ1) is 14.3. The molecule has 1 aromatic carbocycles. The van der Waals surface area contributed by atoms with Gasteiger partial charge in [0, 0.05) is 6.20 Å². The molecule has 6 heteroatoms. The quantitative estimate of drug-likeness (QED) is 0.671. The van der Waals surface area contributed by atoms with Crippen molar-refractivity contribution in [2.75, 3.05) is 0 Å². The largest absolute Gasteiger partial charge is 0.437 e. The molecule has 18 heavy (non-hydrogen) atoms. The second-order valence-corrected chi connectivity index (χ2v) is 3.71. The summed E-state index contributed by atoms with van der Waals surface area (Å²) in [4.78, 5) is 4.03. The van der Waals surface area contributed by atoms with E-state index in [-0.39, 0.29) is 24.1 Å². The molecule has 0 bridgehead atoms. The first-order valence-electron chi connectivity index (χ1n) is 4.90. The van der Waals surface area contributed by atoms with Crippen LogP contribution in [-0.4, -0.2) is 10.8 Å². The van der Waals surface area contributed by atoms with Crippen LogP contribution in [0.4, 0.5) is 0 Å². The van der Waals surface area contributed by atoms with Gasteiger partial charge in [0.05, 0.1) is 10.6 Å². The molecule has 0 amide bonds. The number of benzene rings is 1. The highest BCUT2D eigenvalue weighted by Gasteiger charge is 2.09. The maximum absolute atomic E-state index is 7.42. The number of nitrogens with one attached hydrogen (secondary N) is 1. The van der Waals surface area contributed by atoms with Crippen molar-refractivity contribution < 1.29 is 4.74 Å². The van der Waals surface area contributed by atoms with Crippen molar-refractivity contribution in [1.82, 2.24) is 4.98 Å². The van der Waals surface area contributed by atoms with Gasteiger partial charge in [-0.25, -0.2) is 4.98 Å². The van der Waals surface area contributed by atoms with Crippen LogP contribution in [0.15, 0.2) is 42.6 Å². The lowest BCUT2D eigenvalue weighted by molar-refractivity contribution is 0.462. The molecule has 2 aromatic rings. The number of aromatic nitrogens is 1. The second kappa shape index (κ2) is 6.23. The first-order chi connectivity index (χ1) is 8.18. The number of para-hydroxylation sites is 1. The molecule has 0 aliphatic heterocycles. The van der Waals surface area contributed by atoms with Crippen LogP contribution in [0.3, 0.4) is 0 Å². The van der Waals surface area contributed by atoms with E-state index in [0.717, 1.165) is 0 Å². The highest BCUT2D eigenvalue weighted by atomic mass is 35.5. The number of hydrogen-bond acceptors (Lipinski definition) is 3. The van der Waals surface area contributed by atoms with Crippen molar-refractivity contribution in [1.29, 1.82) is 5.41 Å². The number of nitrogen functional groups attached to an aromatic ring is 1. The molecule has 94 valence electrons.